The Morgan fingerprint density at radius 2 is 1.94 bits per heavy atom. The van der Waals surface area contributed by atoms with Crippen molar-refractivity contribution in [2.45, 2.75) is 53.6 Å². The van der Waals surface area contributed by atoms with E-state index in [1.54, 1.807) is 11.3 Å². The van der Waals surface area contributed by atoms with Gasteiger partial charge in [0.1, 0.15) is 0 Å². The molecule has 0 aliphatic heterocycles. The largest absolute Gasteiger partial charge is 0.345 e. The molecule has 1 aromatic heterocycles. The average Bonchev–Trinajstić information content (AvgIpc) is 2.74. The van der Waals surface area contributed by atoms with Gasteiger partial charge in [-0.15, -0.1) is 11.3 Å². The van der Waals surface area contributed by atoms with Crippen LogP contribution in [0.3, 0.4) is 0 Å². The van der Waals surface area contributed by atoms with E-state index < -0.39 is 0 Å². The molecule has 0 fully saturated rings. The third-order valence-corrected chi connectivity index (χ3v) is 3.79. The number of rotatable bonds is 7. The van der Waals surface area contributed by atoms with Crippen molar-refractivity contribution in [2.24, 2.45) is 5.92 Å². The van der Waals surface area contributed by atoms with E-state index in [9.17, 15) is 0 Å². The highest BCUT2D eigenvalue weighted by Gasteiger charge is 2.17. The Hall–Kier alpha value is -0.610. The Kier molecular flexibility index (Phi) is 6.09. The molecule has 0 spiro atoms. The van der Waals surface area contributed by atoms with Gasteiger partial charge in [0, 0.05) is 24.0 Å². The lowest BCUT2D eigenvalue weighted by Crippen LogP contribution is -2.34. The minimum absolute atomic E-state index is 0.341. The normalized spacial score (nSPS) is 13.3. The monoisotopic (exact) mass is 269 g/mol. The van der Waals surface area contributed by atoms with Gasteiger partial charge >= 0.3 is 0 Å². The smallest absolute Gasteiger partial charge is 0.185 e. The summed E-state index contributed by atoms with van der Waals surface area (Å²) in [5.74, 6) is 0.658. The second-order valence-electron chi connectivity index (χ2n) is 5.47. The summed E-state index contributed by atoms with van der Waals surface area (Å²) in [6.45, 7) is 15.3. The lowest BCUT2D eigenvalue weighted by molar-refractivity contribution is 0.563. The van der Waals surface area contributed by atoms with Crippen LogP contribution < -0.4 is 10.2 Å². The fraction of sp³-hybridized carbons (Fsp3) is 0.786. The molecule has 4 heteroatoms. The molecule has 1 atom stereocenters. The van der Waals surface area contributed by atoms with Crippen LogP contribution in [0.15, 0.2) is 5.38 Å². The molecule has 0 saturated heterocycles. The molecule has 1 aromatic rings. The molecule has 0 aromatic carbocycles. The van der Waals surface area contributed by atoms with E-state index in [4.69, 9.17) is 4.98 Å². The Morgan fingerprint density at radius 3 is 2.44 bits per heavy atom. The maximum absolute atomic E-state index is 4.79. The zero-order chi connectivity index (χ0) is 13.7. The van der Waals surface area contributed by atoms with Crippen molar-refractivity contribution < 1.29 is 0 Å². The van der Waals surface area contributed by atoms with Crippen LogP contribution in [-0.2, 0) is 0 Å². The van der Waals surface area contributed by atoms with E-state index >= 15 is 0 Å². The summed E-state index contributed by atoms with van der Waals surface area (Å²) in [6.07, 6.45) is 0. The van der Waals surface area contributed by atoms with Crippen LogP contribution in [0.2, 0.25) is 0 Å². The summed E-state index contributed by atoms with van der Waals surface area (Å²) in [6, 6.07) is 0.842. The van der Waals surface area contributed by atoms with E-state index in [0.29, 0.717) is 18.0 Å². The second-order valence-corrected chi connectivity index (χ2v) is 6.31. The second kappa shape index (κ2) is 7.10. The third-order valence-electron chi connectivity index (χ3n) is 2.89. The number of nitrogens with zero attached hydrogens (tertiary/aromatic N) is 2. The van der Waals surface area contributed by atoms with Gasteiger partial charge in [-0.25, -0.2) is 4.98 Å². The number of thiazole rings is 1. The third kappa shape index (κ3) is 4.25. The molecule has 0 bridgehead atoms. The fourth-order valence-corrected chi connectivity index (χ4v) is 2.98. The molecule has 1 unspecified atom stereocenters. The molecule has 0 radical (unpaired) electrons. The van der Waals surface area contributed by atoms with Crippen molar-refractivity contribution in [3.8, 4) is 0 Å². The topological polar surface area (TPSA) is 28.2 Å². The Labute approximate surface area is 116 Å². The summed E-state index contributed by atoms with van der Waals surface area (Å²) >= 11 is 1.76. The molecule has 0 aliphatic rings. The molecular weight excluding hydrogens is 242 g/mol. The molecule has 0 amide bonds. The number of aromatic nitrogens is 1. The van der Waals surface area contributed by atoms with E-state index in [-0.39, 0.29) is 0 Å². The molecule has 1 N–H and O–H groups in total. The number of hydrogen-bond donors (Lipinski definition) is 1. The highest BCUT2D eigenvalue weighted by Crippen LogP contribution is 2.26. The summed E-state index contributed by atoms with van der Waals surface area (Å²) in [5, 5.41) is 6.74. The molecule has 1 rings (SSSR count). The fourth-order valence-electron chi connectivity index (χ4n) is 1.92. The Balaban J connectivity index is 2.80. The van der Waals surface area contributed by atoms with Crippen LogP contribution in [0.4, 0.5) is 5.13 Å². The van der Waals surface area contributed by atoms with Gasteiger partial charge in [0.05, 0.1) is 5.69 Å². The first-order valence-corrected chi connectivity index (χ1v) is 7.79. The van der Waals surface area contributed by atoms with Crippen LogP contribution in [0.25, 0.3) is 0 Å². The summed E-state index contributed by atoms with van der Waals surface area (Å²) in [7, 11) is 0. The molecular formula is C14H27N3S. The SMILES string of the molecule is CCNC(C)c1csc(N(CC(C)C)C(C)C)n1. The molecule has 0 saturated carbocycles. The molecule has 104 valence electrons. The van der Waals surface area contributed by atoms with Crippen molar-refractivity contribution in [2.75, 3.05) is 18.0 Å². The van der Waals surface area contributed by atoms with Gasteiger partial charge in [-0.05, 0) is 33.2 Å². The molecule has 1 heterocycles. The van der Waals surface area contributed by atoms with Gasteiger partial charge in [0.2, 0.25) is 0 Å². The first kappa shape index (κ1) is 15.4. The van der Waals surface area contributed by atoms with Crippen LogP contribution in [0, 0.1) is 5.92 Å². The average molecular weight is 269 g/mol. The molecule has 0 aliphatic carbocycles. The predicted octanol–water partition coefficient (Wildman–Crippen LogP) is 3.68. The standard InChI is InChI=1S/C14H27N3S/c1-7-15-12(6)13-9-18-14(16-13)17(11(4)5)8-10(2)3/h9-12,15H,7-8H2,1-6H3. The first-order chi connectivity index (χ1) is 8.45. The summed E-state index contributed by atoms with van der Waals surface area (Å²) < 4.78 is 0. The van der Waals surface area contributed by atoms with Crippen molar-refractivity contribution in [1.29, 1.82) is 0 Å². The number of hydrogen-bond acceptors (Lipinski definition) is 4. The zero-order valence-corrected chi connectivity index (χ0v) is 13.3. The van der Waals surface area contributed by atoms with Crippen molar-refractivity contribution >= 4 is 16.5 Å². The lowest BCUT2D eigenvalue weighted by atomic mass is 10.2. The van der Waals surface area contributed by atoms with Gasteiger partial charge in [-0.1, -0.05) is 20.8 Å². The maximum atomic E-state index is 4.79. The quantitative estimate of drug-likeness (QED) is 0.818. The molecule has 18 heavy (non-hydrogen) atoms. The van der Waals surface area contributed by atoms with Gasteiger partial charge in [-0.2, -0.15) is 0 Å². The minimum Gasteiger partial charge on any atom is -0.345 e. The van der Waals surface area contributed by atoms with Crippen LogP contribution in [0.5, 0.6) is 0 Å². The van der Waals surface area contributed by atoms with Crippen molar-refractivity contribution in [3.63, 3.8) is 0 Å². The van der Waals surface area contributed by atoms with Gasteiger partial charge in [-0.3, -0.25) is 0 Å². The van der Waals surface area contributed by atoms with Crippen molar-refractivity contribution in [3.05, 3.63) is 11.1 Å². The Morgan fingerprint density at radius 1 is 1.28 bits per heavy atom. The highest BCUT2D eigenvalue weighted by atomic mass is 32.1. The highest BCUT2D eigenvalue weighted by molar-refractivity contribution is 7.13. The van der Waals surface area contributed by atoms with Crippen molar-refractivity contribution in [1.82, 2.24) is 10.3 Å². The number of anilines is 1. The summed E-state index contributed by atoms with van der Waals surface area (Å²) in [4.78, 5) is 7.19. The Bertz CT molecular complexity index is 347. The van der Waals surface area contributed by atoms with Gasteiger partial charge in [0.15, 0.2) is 5.13 Å². The van der Waals surface area contributed by atoms with Gasteiger partial charge < -0.3 is 10.2 Å². The predicted molar refractivity (Wildman–Crippen MR) is 81.5 cm³/mol. The van der Waals surface area contributed by atoms with Crippen LogP contribution >= 0.6 is 11.3 Å². The molecule has 3 nitrogen and oxygen atoms in total. The van der Waals surface area contributed by atoms with E-state index in [2.05, 4.69) is 57.1 Å². The lowest BCUT2D eigenvalue weighted by Gasteiger charge is -2.28. The van der Waals surface area contributed by atoms with Gasteiger partial charge in [0.25, 0.3) is 0 Å². The summed E-state index contributed by atoms with van der Waals surface area (Å²) in [5.41, 5.74) is 1.16. The zero-order valence-electron chi connectivity index (χ0n) is 12.5. The van der Waals surface area contributed by atoms with E-state index in [1.807, 2.05) is 0 Å². The first-order valence-electron chi connectivity index (χ1n) is 6.91. The van der Waals surface area contributed by atoms with E-state index in [0.717, 1.165) is 23.9 Å². The van der Waals surface area contributed by atoms with Crippen LogP contribution in [-0.4, -0.2) is 24.1 Å². The number of nitrogens with one attached hydrogen (secondary N) is 1. The minimum atomic E-state index is 0.341. The van der Waals surface area contributed by atoms with E-state index in [1.165, 1.54) is 0 Å². The van der Waals surface area contributed by atoms with Crippen LogP contribution in [0.1, 0.15) is 53.3 Å². The maximum Gasteiger partial charge on any atom is 0.185 e.